The Morgan fingerprint density at radius 2 is 1.65 bits per heavy atom. The third-order valence-corrected chi connectivity index (χ3v) is 3.51. The molecular formula is C14H23N3O5S. The molecule has 0 heterocycles. The van der Waals surface area contributed by atoms with Crippen molar-refractivity contribution in [2.45, 2.75) is 4.90 Å². The van der Waals surface area contributed by atoms with E-state index in [2.05, 4.69) is 4.72 Å². The zero-order chi connectivity index (χ0) is 16.8. The molecule has 130 valence electrons. The molecule has 0 atom stereocenters. The lowest BCUT2D eigenvalue weighted by molar-refractivity contribution is -0.387. The van der Waals surface area contributed by atoms with E-state index >= 15 is 0 Å². The van der Waals surface area contributed by atoms with Crippen molar-refractivity contribution in [3.63, 3.8) is 0 Å². The van der Waals surface area contributed by atoms with Crippen LogP contribution in [-0.2, 0) is 14.2 Å². The summed E-state index contributed by atoms with van der Waals surface area (Å²) in [6.45, 7) is 4.19. The number of nitrogens with two attached hydrogens (primary N) is 1. The maximum atomic E-state index is 10.9. The summed E-state index contributed by atoms with van der Waals surface area (Å²) in [6, 6.07) is 6.60. The minimum absolute atomic E-state index is 0.0937. The van der Waals surface area contributed by atoms with Gasteiger partial charge in [-0.15, -0.1) is 0 Å². The standard InChI is InChI=1S/C14H23N3O5S/c15-5-7-20-9-11-22-12-10-21-8-6-16-23-14-4-2-1-3-13(14)17(18)19/h1-4,16H,5-12,15H2. The van der Waals surface area contributed by atoms with E-state index < -0.39 is 4.92 Å². The number of nitro benzene ring substituents is 1. The summed E-state index contributed by atoms with van der Waals surface area (Å²) in [5.74, 6) is 0. The number of para-hydroxylation sites is 1. The van der Waals surface area contributed by atoms with Crippen LogP contribution in [0.3, 0.4) is 0 Å². The highest BCUT2D eigenvalue weighted by molar-refractivity contribution is 7.97. The Morgan fingerprint density at radius 1 is 1.04 bits per heavy atom. The second-order valence-corrected chi connectivity index (χ2v) is 5.28. The molecule has 0 saturated heterocycles. The molecule has 0 aliphatic heterocycles. The molecule has 3 N–H and O–H groups in total. The van der Waals surface area contributed by atoms with Gasteiger partial charge in [0.15, 0.2) is 0 Å². The lowest BCUT2D eigenvalue weighted by atomic mass is 10.3. The van der Waals surface area contributed by atoms with Gasteiger partial charge >= 0.3 is 0 Å². The Kier molecular flexibility index (Phi) is 11.4. The maximum absolute atomic E-state index is 10.9. The first-order valence-electron chi connectivity index (χ1n) is 7.32. The maximum Gasteiger partial charge on any atom is 0.284 e. The zero-order valence-corrected chi connectivity index (χ0v) is 13.8. The van der Waals surface area contributed by atoms with Crippen LogP contribution in [0.25, 0.3) is 0 Å². The van der Waals surface area contributed by atoms with Gasteiger partial charge in [-0.25, -0.2) is 0 Å². The molecule has 0 spiro atoms. The first-order chi connectivity index (χ1) is 11.3. The van der Waals surface area contributed by atoms with E-state index in [1.54, 1.807) is 18.2 Å². The zero-order valence-electron chi connectivity index (χ0n) is 12.9. The highest BCUT2D eigenvalue weighted by Gasteiger charge is 2.12. The highest BCUT2D eigenvalue weighted by atomic mass is 32.2. The Labute approximate surface area is 139 Å². The quantitative estimate of drug-likeness (QED) is 0.224. The Bertz CT molecular complexity index is 450. The van der Waals surface area contributed by atoms with Gasteiger partial charge in [0.25, 0.3) is 5.69 Å². The number of nitrogens with one attached hydrogen (secondary N) is 1. The van der Waals surface area contributed by atoms with Crippen molar-refractivity contribution in [2.75, 3.05) is 52.7 Å². The predicted molar refractivity (Wildman–Crippen MR) is 88.5 cm³/mol. The summed E-state index contributed by atoms with van der Waals surface area (Å²) in [7, 11) is 0. The monoisotopic (exact) mass is 345 g/mol. The van der Waals surface area contributed by atoms with E-state index in [9.17, 15) is 10.1 Å². The third kappa shape index (κ3) is 9.49. The van der Waals surface area contributed by atoms with Crippen LogP contribution >= 0.6 is 11.9 Å². The van der Waals surface area contributed by atoms with Gasteiger partial charge in [-0.3, -0.25) is 14.8 Å². The van der Waals surface area contributed by atoms with Crippen LogP contribution in [-0.4, -0.2) is 57.7 Å². The Morgan fingerprint density at radius 3 is 2.30 bits per heavy atom. The largest absolute Gasteiger partial charge is 0.378 e. The van der Waals surface area contributed by atoms with E-state index in [0.29, 0.717) is 57.6 Å². The second kappa shape index (κ2) is 13.2. The summed E-state index contributed by atoms with van der Waals surface area (Å²) < 4.78 is 18.9. The highest BCUT2D eigenvalue weighted by Crippen LogP contribution is 2.26. The van der Waals surface area contributed by atoms with Gasteiger partial charge in [0.1, 0.15) is 4.90 Å². The van der Waals surface area contributed by atoms with Gasteiger partial charge in [-0.2, -0.15) is 0 Å². The van der Waals surface area contributed by atoms with Gasteiger partial charge in [-0.1, -0.05) is 12.1 Å². The molecule has 0 amide bonds. The molecule has 1 aromatic rings. The van der Waals surface area contributed by atoms with Gasteiger partial charge in [0.2, 0.25) is 0 Å². The van der Waals surface area contributed by atoms with Crippen molar-refractivity contribution < 1.29 is 19.1 Å². The Hall–Kier alpha value is -1.23. The number of nitrogens with zero attached hydrogens (tertiary/aromatic N) is 1. The summed E-state index contributed by atoms with van der Waals surface area (Å²) >= 11 is 1.23. The van der Waals surface area contributed by atoms with Gasteiger partial charge in [0, 0.05) is 19.2 Å². The van der Waals surface area contributed by atoms with Gasteiger partial charge in [0.05, 0.1) is 44.6 Å². The molecule has 0 bridgehead atoms. The Balaban J connectivity index is 1.97. The lowest BCUT2D eigenvalue weighted by Crippen LogP contribution is -2.16. The van der Waals surface area contributed by atoms with E-state index in [0.717, 1.165) is 0 Å². The molecule has 0 fully saturated rings. The number of nitro groups is 1. The summed E-state index contributed by atoms with van der Waals surface area (Å²) in [6.07, 6.45) is 0. The second-order valence-electron chi connectivity index (χ2n) is 4.35. The SMILES string of the molecule is NCCOCCOCCOCCNSc1ccccc1[N+](=O)[O-]. The van der Waals surface area contributed by atoms with Crippen LogP contribution < -0.4 is 10.5 Å². The number of hydrogen-bond acceptors (Lipinski definition) is 8. The smallest absolute Gasteiger partial charge is 0.284 e. The minimum Gasteiger partial charge on any atom is -0.378 e. The molecule has 1 rings (SSSR count). The average Bonchev–Trinajstić information content (AvgIpc) is 2.56. The van der Waals surface area contributed by atoms with E-state index in [-0.39, 0.29) is 5.69 Å². The predicted octanol–water partition coefficient (Wildman–Crippen LogP) is 1.20. The van der Waals surface area contributed by atoms with Crippen LogP contribution in [0.5, 0.6) is 0 Å². The lowest BCUT2D eigenvalue weighted by Gasteiger charge is -2.07. The summed E-state index contributed by atoms with van der Waals surface area (Å²) in [5, 5.41) is 10.9. The fraction of sp³-hybridized carbons (Fsp3) is 0.571. The molecule has 0 radical (unpaired) electrons. The van der Waals surface area contributed by atoms with Crippen LogP contribution in [0.15, 0.2) is 29.2 Å². The molecule has 0 aliphatic rings. The van der Waals surface area contributed by atoms with Crippen molar-refractivity contribution in [3.8, 4) is 0 Å². The average molecular weight is 345 g/mol. The molecule has 8 nitrogen and oxygen atoms in total. The first-order valence-corrected chi connectivity index (χ1v) is 8.13. The third-order valence-electron chi connectivity index (χ3n) is 2.60. The molecule has 0 unspecified atom stereocenters. The number of rotatable bonds is 14. The minimum atomic E-state index is -0.394. The van der Waals surface area contributed by atoms with Crippen molar-refractivity contribution in [2.24, 2.45) is 5.73 Å². The molecule has 0 saturated carbocycles. The number of ether oxygens (including phenoxy) is 3. The van der Waals surface area contributed by atoms with Crippen molar-refractivity contribution in [3.05, 3.63) is 34.4 Å². The summed E-state index contributed by atoms with van der Waals surface area (Å²) in [5.41, 5.74) is 5.38. The summed E-state index contributed by atoms with van der Waals surface area (Å²) in [4.78, 5) is 11.0. The number of benzene rings is 1. The molecule has 0 aromatic heterocycles. The number of hydrogen-bond donors (Lipinski definition) is 2. The van der Waals surface area contributed by atoms with E-state index in [1.807, 2.05) is 0 Å². The fourth-order valence-corrected chi connectivity index (χ4v) is 2.30. The van der Waals surface area contributed by atoms with Gasteiger partial charge < -0.3 is 19.9 Å². The van der Waals surface area contributed by atoms with E-state index in [1.165, 1.54) is 18.0 Å². The van der Waals surface area contributed by atoms with Crippen molar-refractivity contribution >= 4 is 17.6 Å². The normalized spacial score (nSPS) is 10.8. The van der Waals surface area contributed by atoms with Gasteiger partial charge in [-0.05, 0) is 18.0 Å². The van der Waals surface area contributed by atoms with Crippen LogP contribution in [0.1, 0.15) is 0 Å². The molecule has 23 heavy (non-hydrogen) atoms. The van der Waals surface area contributed by atoms with Crippen molar-refractivity contribution in [1.82, 2.24) is 4.72 Å². The van der Waals surface area contributed by atoms with Crippen molar-refractivity contribution in [1.29, 1.82) is 0 Å². The van der Waals surface area contributed by atoms with Crippen LogP contribution in [0, 0.1) is 10.1 Å². The molecular weight excluding hydrogens is 322 g/mol. The van der Waals surface area contributed by atoms with Crippen LogP contribution in [0.2, 0.25) is 0 Å². The fourth-order valence-electron chi connectivity index (χ4n) is 1.56. The molecule has 0 aliphatic carbocycles. The molecule has 9 heteroatoms. The molecule has 1 aromatic carbocycles. The first kappa shape index (κ1) is 19.8. The topological polar surface area (TPSA) is 109 Å². The van der Waals surface area contributed by atoms with Crippen LogP contribution in [0.4, 0.5) is 5.69 Å². The van der Waals surface area contributed by atoms with E-state index in [4.69, 9.17) is 19.9 Å².